The number of amides is 1. The van der Waals surface area contributed by atoms with Gasteiger partial charge in [0.1, 0.15) is 5.82 Å². The number of carbonyl (C=O) groups is 1. The number of nitrogens with zero attached hydrogens (tertiary/aromatic N) is 2. The molecule has 1 aliphatic heterocycles. The lowest BCUT2D eigenvalue weighted by molar-refractivity contribution is 0.0929. The van der Waals surface area contributed by atoms with Crippen molar-refractivity contribution in [2.45, 2.75) is 23.9 Å². The Kier molecular flexibility index (Phi) is 5.49. The molecular weight excluding hydrogens is 425 g/mol. The monoisotopic (exact) mass is 445 g/mol. The van der Waals surface area contributed by atoms with Crippen LogP contribution in [0.1, 0.15) is 34.1 Å². The largest absolute Gasteiger partial charge is 0.344 e. The lowest BCUT2D eigenvalue weighted by Crippen LogP contribution is -2.34. The first-order chi connectivity index (χ1) is 15.6. The summed E-state index contributed by atoms with van der Waals surface area (Å²) in [5.41, 5.74) is 1.63. The zero-order valence-corrected chi connectivity index (χ0v) is 17.9. The summed E-state index contributed by atoms with van der Waals surface area (Å²) in [6.45, 7) is 0.263. The van der Waals surface area contributed by atoms with Gasteiger partial charge in [-0.1, -0.05) is 48.5 Å². The third-order valence-corrected chi connectivity index (χ3v) is 6.70. The summed E-state index contributed by atoms with van der Waals surface area (Å²) >= 11 is 1.65. The molecule has 2 heterocycles. The summed E-state index contributed by atoms with van der Waals surface area (Å²) in [5.74, 6) is 0.117. The van der Waals surface area contributed by atoms with Crippen LogP contribution in [0.5, 0.6) is 0 Å². The molecule has 0 saturated carbocycles. The van der Waals surface area contributed by atoms with Gasteiger partial charge >= 0.3 is 0 Å². The van der Waals surface area contributed by atoms with Gasteiger partial charge in [-0.05, 0) is 41.8 Å². The molecule has 0 saturated heterocycles. The standard InChI is InChI=1S/C25H20FN3O2S/c26-17-10-11-22-20(14-17)21(12-13-32-22)27-24(30)23-18-8-4-5-9-19(18)25(31)29(28-23)15-16-6-2-1-3-7-16/h1-11,14,21H,12-13,15H2,(H,27,30)/t21-/m0/s1. The van der Waals surface area contributed by atoms with Gasteiger partial charge in [0.25, 0.3) is 11.5 Å². The zero-order chi connectivity index (χ0) is 22.1. The van der Waals surface area contributed by atoms with Crippen molar-refractivity contribution >= 4 is 28.4 Å². The highest BCUT2D eigenvalue weighted by Gasteiger charge is 2.25. The van der Waals surface area contributed by atoms with E-state index in [4.69, 9.17) is 0 Å². The fourth-order valence-corrected chi connectivity index (χ4v) is 5.11. The van der Waals surface area contributed by atoms with E-state index in [1.54, 1.807) is 42.1 Å². The normalized spacial score (nSPS) is 15.3. The van der Waals surface area contributed by atoms with Gasteiger partial charge in [-0.15, -0.1) is 11.8 Å². The van der Waals surface area contributed by atoms with Crippen molar-refractivity contribution in [3.05, 3.63) is 106 Å². The SMILES string of the molecule is O=C(N[C@H]1CCSc2ccc(F)cc21)c1nn(Cc2ccccc2)c(=O)c2ccccc12. The number of carbonyl (C=O) groups excluding carboxylic acids is 1. The molecule has 1 aliphatic rings. The Morgan fingerprint density at radius 3 is 2.62 bits per heavy atom. The highest BCUT2D eigenvalue weighted by molar-refractivity contribution is 7.99. The van der Waals surface area contributed by atoms with E-state index in [1.165, 1.54) is 16.8 Å². The number of thioether (sulfide) groups is 1. The second-order valence-corrected chi connectivity index (χ2v) is 8.82. The summed E-state index contributed by atoms with van der Waals surface area (Å²) < 4.78 is 15.2. The van der Waals surface area contributed by atoms with Gasteiger partial charge in [0, 0.05) is 16.0 Å². The Morgan fingerprint density at radius 2 is 1.81 bits per heavy atom. The highest BCUT2D eigenvalue weighted by Crippen LogP contribution is 2.36. The zero-order valence-electron chi connectivity index (χ0n) is 17.1. The van der Waals surface area contributed by atoms with Gasteiger partial charge < -0.3 is 5.32 Å². The number of halogens is 1. The molecule has 1 N–H and O–H groups in total. The fourth-order valence-electron chi connectivity index (χ4n) is 4.01. The van der Waals surface area contributed by atoms with E-state index < -0.39 is 0 Å². The number of hydrogen-bond acceptors (Lipinski definition) is 4. The summed E-state index contributed by atoms with van der Waals surface area (Å²) in [6.07, 6.45) is 0.689. The van der Waals surface area contributed by atoms with Crippen LogP contribution in [0.15, 0.2) is 82.5 Å². The quantitative estimate of drug-likeness (QED) is 0.501. The summed E-state index contributed by atoms with van der Waals surface area (Å²) in [7, 11) is 0. The molecule has 160 valence electrons. The second kappa shape index (κ2) is 8.59. The lowest BCUT2D eigenvalue weighted by Gasteiger charge is -2.26. The van der Waals surface area contributed by atoms with Crippen LogP contribution in [-0.2, 0) is 6.54 Å². The number of nitrogens with one attached hydrogen (secondary N) is 1. The van der Waals surface area contributed by atoms with Gasteiger partial charge in [0.05, 0.1) is 18.0 Å². The number of rotatable bonds is 4. The molecule has 0 fully saturated rings. The third-order valence-electron chi connectivity index (χ3n) is 5.57. The average Bonchev–Trinajstić information content (AvgIpc) is 2.82. The molecule has 0 spiro atoms. The van der Waals surface area contributed by atoms with Crippen LogP contribution in [0.2, 0.25) is 0 Å². The van der Waals surface area contributed by atoms with Gasteiger partial charge in [-0.3, -0.25) is 9.59 Å². The van der Waals surface area contributed by atoms with E-state index in [1.807, 2.05) is 30.3 Å². The third kappa shape index (κ3) is 3.91. The van der Waals surface area contributed by atoms with Gasteiger partial charge in [0.2, 0.25) is 0 Å². The van der Waals surface area contributed by atoms with Crippen LogP contribution >= 0.6 is 11.8 Å². The van der Waals surface area contributed by atoms with E-state index in [0.29, 0.717) is 17.2 Å². The molecule has 5 nitrogen and oxygen atoms in total. The predicted octanol–water partition coefficient (Wildman–Crippen LogP) is 4.55. The molecule has 1 amide bonds. The number of aromatic nitrogens is 2. The maximum absolute atomic E-state index is 13.9. The van der Waals surface area contributed by atoms with Crippen LogP contribution in [0.4, 0.5) is 4.39 Å². The van der Waals surface area contributed by atoms with Gasteiger partial charge in [0.15, 0.2) is 5.69 Å². The van der Waals surface area contributed by atoms with Crippen molar-refractivity contribution in [1.29, 1.82) is 0 Å². The van der Waals surface area contributed by atoms with E-state index in [-0.39, 0.29) is 35.6 Å². The summed E-state index contributed by atoms with van der Waals surface area (Å²) in [4.78, 5) is 27.3. The second-order valence-electron chi connectivity index (χ2n) is 7.69. The lowest BCUT2D eigenvalue weighted by atomic mass is 10.0. The molecule has 4 aromatic rings. The van der Waals surface area contributed by atoms with Crippen LogP contribution < -0.4 is 10.9 Å². The van der Waals surface area contributed by atoms with Crippen molar-refractivity contribution in [2.75, 3.05) is 5.75 Å². The van der Waals surface area contributed by atoms with Crippen LogP contribution in [0, 0.1) is 5.82 Å². The molecule has 0 bridgehead atoms. The summed E-state index contributed by atoms with van der Waals surface area (Å²) in [5, 5.41) is 8.41. The van der Waals surface area contributed by atoms with E-state index >= 15 is 0 Å². The highest BCUT2D eigenvalue weighted by atomic mass is 32.2. The Balaban J connectivity index is 1.54. The number of fused-ring (bicyclic) bond motifs is 2. The Bertz CT molecular complexity index is 1370. The van der Waals surface area contributed by atoms with E-state index in [9.17, 15) is 14.0 Å². The fraction of sp³-hybridized carbons (Fsp3) is 0.160. The number of hydrogen-bond donors (Lipinski definition) is 1. The molecule has 1 atom stereocenters. The van der Waals surface area contributed by atoms with Crippen LogP contribution in [0.3, 0.4) is 0 Å². The van der Waals surface area contributed by atoms with Crippen LogP contribution in [0.25, 0.3) is 10.8 Å². The molecule has 0 radical (unpaired) electrons. The minimum Gasteiger partial charge on any atom is -0.344 e. The first kappa shape index (κ1) is 20.5. The Morgan fingerprint density at radius 1 is 1.06 bits per heavy atom. The first-order valence-corrected chi connectivity index (χ1v) is 11.4. The molecular formula is C25H20FN3O2S. The molecule has 7 heteroatoms. The maximum atomic E-state index is 13.9. The molecule has 0 aliphatic carbocycles. The van der Waals surface area contributed by atoms with Crippen LogP contribution in [-0.4, -0.2) is 21.4 Å². The number of benzene rings is 3. The predicted molar refractivity (Wildman–Crippen MR) is 123 cm³/mol. The van der Waals surface area contributed by atoms with Crippen molar-refractivity contribution < 1.29 is 9.18 Å². The molecule has 1 aromatic heterocycles. The summed E-state index contributed by atoms with van der Waals surface area (Å²) in [6, 6.07) is 20.9. The topological polar surface area (TPSA) is 64.0 Å². The minimum atomic E-state index is -0.380. The van der Waals surface area contributed by atoms with Gasteiger partial charge in [-0.2, -0.15) is 5.10 Å². The minimum absolute atomic E-state index is 0.187. The smallest absolute Gasteiger partial charge is 0.274 e. The van der Waals surface area contributed by atoms with Crippen molar-refractivity contribution in [3.63, 3.8) is 0 Å². The van der Waals surface area contributed by atoms with Gasteiger partial charge in [-0.25, -0.2) is 9.07 Å². The molecule has 32 heavy (non-hydrogen) atoms. The average molecular weight is 446 g/mol. The van der Waals surface area contributed by atoms with Crippen molar-refractivity contribution in [2.24, 2.45) is 0 Å². The molecule has 3 aromatic carbocycles. The van der Waals surface area contributed by atoms with E-state index in [0.717, 1.165) is 21.8 Å². The van der Waals surface area contributed by atoms with Crippen molar-refractivity contribution in [1.82, 2.24) is 15.1 Å². The van der Waals surface area contributed by atoms with E-state index in [2.05, 4.69) is 10.4 Å². The first-order valence-electron chi connectivity index (χ1n) is 10.4. The Labute approximate surface area is 188 Å². The van der Waals surface area contributed by atoms with Crippen molar-refractivity contribution in [3.8, 4) is 0 Å². The Hall–Kier alpha value is -3.45. The molecule has 0 unspecified atom stereocenters. The maximum Gasteiger partial charge on any atom is 0.274 e. The molecule has 5 rings (SSSR count).